The van der Waals surface area contributed by atoms with E-state index in [0.717, 1.165) is 18.2 Å². The van der Waals surface area contributed by atoms with E-state index >= 15 is 0 Å². The summed E-state index contributed by atoms with van der Waals surface area (Å²) in [7, 11) is 0. The summed E-state index contributed by atoms with van der Waals surface area (Å²) >= 11 is 0. The number of nitrogens with one attached hydrogen (secondary N) is 1. The van der Waals surface area contributed by atoms with E-state index in [1.807, 2.05) is 11.0 Å². The molecule has 0 aliphatic carbocycles. The summed E-state index contributed by atoms with van der Waals surface area (Å²) < 4.78 is 0. The van der Waals surface area contributed by atoms with Gasteiger partial charge in [0, 0.05) is 25.6 Å². The molecule has 1 saturated heterocycles. The fourth-order valence-electron chi connectivity index (χ4n) is 1.62. The van der Waals surface area contributed by atoms with Crippen LogP contribution in [0.25, 0.3) is 0 Å². The van der Waals surface area contributed by atoms with Crippen LogP contribution in [0, 0.1) is 0 Å². The van der Waals surface area contributed by atoms with Crippen molar-refractivity contribution >= 4 is 17.4 Å². The second-order valence-corrected chi connectivity index (χ2v) is 3.64. The van der Waals surface area contributed by atoms with Crippen molar-refractivity contribution < 1.29 is 4.79 Å². The van der Waals surface area contributed by atoms with E-state index < -0.39 is 0 Å². The van der Waals surface area contributed by atoms with E-state index in [9.17, 15) is 4.79 Å². The highest BCUT2D eigenvalue weighted by Gasteiger charge is 2.20. The lowest BCUT2D eigenvalue weighted by atomic mass is 10.4. The molecular formula is C11H14N4O. The second-order valence-electron chi connectivity index (χ2n) is 3.64. The van der Waals surface area contributed by atoms with Crippen molar-refractivity contribution in [3.8, 4) is 0 Å². The van der Waals surface area contributed by atoms with Gasteiger partial charge in [-0.2, -0.15) is 0 Å². The molecule has 16 heavy (non-hydrogen) atoms. The van der Waals surface area contributed by atoms with Gasteiger partial charge in [0.05, 0.1) is 6.54 Å². The Labute approximate surface area is 94.2 Å². The molecule has 0 unspecified atom stereocenters. The summed E-state index contributed by atoms with van der Waals surface area (Å²) in [5.41, 5.74) is 0. The highest BCUT2D eigenvalue weighted by Crippen LogP contribution is 2.17. The molecule has 0 bridgehead atoms. The smallest absolute Gasteiger partial charge is 0.153 e. The first-order valence-electron chi connectivity index (χ1n) is 5.23. The summed E-state index contributed by atoms with van der Waals surface area (Å²) in [5, 5.41) is 3.09. The van der Waals surface area contributed by atoms with Crippen molar-refractivity contribution in [3.05, 3.63) is 25.0 Å². The fourth-order valence-corrected chi connectivity index (χ4v) is 1.62. The molecule has 84 valence electrons. The summed E-state index contributed by atoms with van der Waals surface area (Å²) in [4.78, 5) is 21.4. The fraction of sp³-hybridized carbons (Fsp3) is 0.364. The molecule has 1 fully saturated rings. The van der Waals surface area contributed by atoms with Crippen LogP contribution >= 0.6 is 0 Å². The molecule has 1 aliphatic heterocycles. The van der Waals surface area contributed by atoms with Crippen LogP contribution in [0.5, 0.6) is 0 Å². The van der Waals surface area contributed by atoms with Crippen molar-refractivity contribution in [2.24, 2.45) is 0 Å². The van der Waals surface area contributed by atoms with E-state index in [1.165, 1.54) is 6.33 Å². The molecule has 1 aromatic heterocycles. The zero-order valence-electron chi connectivity index (χ0n) is 9.02. The summed E-state index contributed by atoms with van der Waals surface area (Å²) in [6.07, 6.45) is 3.88. The summed E-state index contributed by atoms with van der Waals surface area (Å²) in [5.74, 6) is 1.82. The van der Waals surface area contributed by atoms with Crippen LogP contribution in [0.3, 0.4) is 0 Å². The number of carbonyl (C=O) groups excluding carboxylic acids is 1. The van der Waals surface area contributed by atoms with Crippen molar-refractivity contribution in [3.63, 3.8) is 0 Å². The van der Waals surface area contributed by atoms with E-state index in [2.05, 4.69) is 21.9 Å². The zero-order chi connectivity index (χ0) is 11.4. The molecule has 0 atom stereocenters. The maximum Gasteiger partial charge on any atom is 0.153 e. The first-order chi connectivity index (χ1) is 7.79. The zero-order valence-corrected chi connectivity index (χ0v) is 9.02. The lowest BCUT2D eigenvalue weighted by Gasteiger charge is -2.15. The Kier molecular flexibility index (Phi) is 3.14. The number of nitrogens with zero attached hydrogens (tertiary/aromatic N) is 3. The first kappa shape index (κ1) is 10.6. The van der Waals surface area contributed by atoms with Gasteiger partial charge in [-0.15, -0.1) is 6.58 Å². The SMILES string of the molecule is C=CCNc1cc(N2CCC(=O)C2)ncn1. The van der Waals surface area contributed by atoms with Gasteiger partial charge in [0.1, 0.15) is 18.0 Å². The van der Waals surface area contributed by atoms with Crippen molar-refractivity contribution in [2.45, 2.75) is 6.42 Å². The van der Waals surface area contributed by atoms with Gasteiger partial charge in [-0.05, 0) is 0 Å². The summed E-state index contributed by atoms with van der Waals surface area (Å²) in [6.45, 7) is 5.49. The molecule has 0 amide bonds. The molecule has 0 spiro atoms. The molecule has 0 aromatic carbocycles. The normalized spacial score (nSPS) is 15.2. The standard InChI is InChI=1S/C11H14N4O/c1-2-4-12-10-6-11(14-8-13-10)15-5-3-9(16)7-15/h2,6,8H,1,3-5,7H2,(H,12,13,14). The number of anilines is 2. The Morgan fingerprint density at radius 2 is 2.44 bits per heavy atom. The monoisotopic (exact) mass is 218 g/mol. The Morgan fingerprint density at radius 3 is 3.12 bits per heavy atom. The Bertz CT molecular complexity index is 405. The van der Waals surface area contributed by atoms with Gasteiger partial charge in [-0.25, -0.2) is 9.97 Å². The third-order valence-electron chi connectivity index (χ3n) is 2.43. The molecule has 1 aromatic rings. The second kappa shape index (κ2) is 4.74. The van der Waals surface area contributed by atoms with Gasteiger partial charge < -0.3 is 10.2 Å². The van der Waals surface area contributed by atoms with Crippen LogP contribution in [0.1, 0.15) is 6.42 Å². The highest BCUT2D eigenvalue weighted by molar-refractivity contribution is 5.86. The highest BCUT2D eigenvalue weighted by atomic mass is 16.1. The minimum Gasteiger partial charge on any atom is -0.366 e. The number of ketones is 1. The van der Waals surface area contributed by atoms with Crippen LogP contribution in [0.15, 0.2) is 25.0 Å². The van der Waals surface area contributed by atoms with E-state index in [0.29, 0.717) is 19.5 Å². The molecule has 2 heterocycles. The molecule has 1 N–H and O–H groups in total. The lowest BCUT2D eigenvalue weighted by Crippen LogP contribution is -2.21. The topological polar surface area (TPSA) is 58.1 Å². The van der Waals surface area contributed by atoms with Gasteiger partial charge in [-0.1, -0.05) is 6.08 Å². The van der Waals surface area contributed by atoms with E-state index in [1.54, 1.807) is 6.08 Å². The van der Waals surface area contributed by atoms with Crippen LogP contribution in [0.4, 0.5) is 11.6 Å². The van der Waals surface area contributed by atoms with Crippen LogP contribution < -0.4 is 10.2 Å². The first-order valence-corrected chi connectivity index (χ1v) is 5.23. The van der Waals surface area contributed by atoms with Crippen LogP contribution in [0.2, 0.25) is 0 Å². The quantitative estimate of drug-likeness (QED) is 0.759. The van der Waals surface area contributed by atoms with Crippen LogP contribution in [-0.2, 0) is 4.79 Å². The number of rotatable bonds is 4. The molecule has 2 rings (SSSR count). The average molecular weight is 218 g/mol. The third kappa shape index (κ3) is 2.36. The molecule has 1 aliphatic rings. The van der Waals surface area contributed by atoms with Gasteiger partial charge >= 0.3 is 0 Å². The number of hydrogen-bond donors (Lipinski definition) is 1. The molecular weight excluding hydrogens is 204 g/mol. The predicted octanol–water partition coefficient (Wildman–Crippen LogP) is 0.854. The van der Waals surface area contributed by atoms with Crippen molar-refractivity contribution in [2.75, 3.05) is 29.9 Å². The minimum absolute atomic E-state index is 0.263. The molecule has 0 saturated carbocycles. The number of aromatic nitrogens is 2. The van der Waals surface area contributed by atoms with Gasteiger partial charge in [0.25, 0.3) is 0 Å². The molecule has 5 nitrogen and oxygen atoms in total. The third-order valence-corrected chi connectivity index (χ3v) is 2.43. The lowest BCUT2D eigenvalue weighted by molar-refractivity contribution is -0.116. The minimum atomic E-state index is 0.263. The largest absolute Gasteiger partial charge is 0.366 e. The van der Waals surface area contributed by atoms with Gasteiger partial charge in [0.2, 0.25) is 0 Å². The summed E-state index contributed by atoms with van der Waals surface area (Å²) in [6, 6.07) is 1.85. The maximum absolute atomic E-state index is 11.2. The molecule has 0 radical (unpaired) electrons. The van der Waals surface area contributed by atoms with E-state index in [4.69, 9.17) is 0 Å². The van der Waals surface area contributed by atoms with Gasteiger partial charge in [-0.3, -0.25) is 4.79 Å². The molecule has 5 heteroatoms. The maximum atomic E-state index is 11.2. The van der Waals surface area contributed by atoms with Gasteiger partial charge in [0.15, 0.2) is 5.78 Å². The number of carbonyl (C=O) groups is 1. The Morgan fingerprint density at radius 1 is 1.56 bits per heavy atom. The average Bonchev–Trinajstić information content (AvgIpc) is 2.74. The van der Waals surface area contributed by atoms with E-state index in [-0.39, 0.29) is 5.78 Å². The predicted molar refractivity (Wildman–Crippen MR) is 62.6 cm³/mol. The Hall–Kier alpha value is -1.91. The number of hydrogen-bond acceptors (Lipinski definition) is 5. The number of Topliss-reactive ketones (excluding diaryl/α,β-unsaturated/α-hetero) is 1. The Balaban J connectivity index is 2.09. The van der Waals surface area contributed by atoms with Crippen molar-refractivity contribution in [1.82, 2.24) is 9.97 Å². The van der Waals surface area contributed by atoms with Crippen LogP contribution in [-0.4, -0.2) is 35.4 Å². The van der Waals surface area contributed by atoms with Crippen molar-refractivity contribution in [1.29, 1.82) is 0 Å².